The Morgan fingerprint density at radius 3 is 2.51 bits per heavy atom. The zero-order chi connectivity index (χ0) is 27.9. The van der Waals surface area contributed by atoms with Crippen LogP contribution in [0.3, 0.4) is 0 Å². The number of carbonyl (C=O) groups is 1. The van der Waals surface area contributed by atoms with E-state index >= 15 is 0 Å². The minimum Gasteiger partial charge on any atom is -0.492 e. The van der Waals surface area contributed by atoms with Crippen molar-refractivity contribution in [2.75, 3.05) is 13.2 Å². The molecule has 2 N–H and O–H groups in total. The van der Waals surface area contributed by atoms with Crippen molar-refractivity contribution in [2.24, 2.45) is 0 Å². The van der Waals surface area contributed by atoms with Gasteiger partial charge in [-0.25, -0.2) is 4.98 Å². The lowest BCUT2D eigenvalue weighted by Gasteiger charge is -2.28. The Labute approximate surface area is 240 Å². The average Bonchev–Trinajstić information content (AvgIpc) is 3.47. The van der Waals surface area contributed by atoms with Gasteiger partial charge in [0.15, 0.2) is 0 Å². The van der Waals surface area contributed by atoms with Crippen molar-refractivity contribution in [1.29, 1.82) is 0 Å². The van der Waals surface area contributed by atoms with E-state index in [1.165, 1.54) is 16.7 Å². The molecule has 1 amide bonds. The maximum atomic E-state index is 13.0. The monoisotopic (exact) mass is 543 g/mol. The number of nitrogens with one attached hydrogen (secondary N) is 2. The van der Waals surface area contributed by atoms with E-state index in [2.05, 4.69) is 73.7 Å². The normalized spacial score (nSPS) is 14.2. The molecule has 0 bridgehead atoms. The first-order valence-corrected chi connectivity index (χ1v) is 14.0. The molecule has 0 saturated heterocycles. The molecule has 3 heterocycles. The highest BCUT2D eigenvalue weighted by Crippen LogP contribution is 2.35. The zero-order valence-electron chi connectivity index (χ0n) is 22.9. The SMILES string of the molecule is O=C(NCCc1ccncc1)c1cccc2c1OCCC2NCc1cncn1Cc1ccc(-c2ccccc2)cc1. The van der Waals surface area contributed by atoms with Crippen LogP contribution in [0.4, 0.5) is 0 Å². The Hall–Kier alpha value is -4.75. The van der Waals surface area contributed by atoms with E-state index in [4.69, 9.17) is 4.74 Å². The van der Waals surface area contributed by atoms with Gasteiger partial charge in [0.05, 0.1) is 24.2 Å². The number of rotatable bonds is 10. The van der Waals surface area contributed by atoms with Gasteiger partial charge in [0.25, 0.3) is 5.91 Å². The van der Waals surface area contributed by atoms with Crippen LogP contribution in [-0.2, 0) is 19.5 Å². The molecule has 0 aliphatic carbocycles. The van der Waals surface area contributed by atoms with Crippen molar-refractivity contribution in [3.05, 3.63) is 138 Å². The molecule has 1 aliphatic heterocycles. The van der Waals surface area contributed by atoms with Gasteiger partial charge < -0.3 is 19.9 Å². The standard InChI is InChI=1S/C34H33N5O2/c40-34(37-19-15-25-13-17-35-18-14-25)31-8-4-7-30-32(16-20-41-33(30)31)38-22-29-21-36-24-39(29)23-26-9-11-28(12-10-26)27-5-2-1-3-6-27/h1-14,17-18,21,24,32,38H,15-16,19-20,22-23H2,(H,37,40). The summed E-state index contributed by atoms with van der Waals surface area (Å²) in [6, 6.07) is 28.9. The van der Waals surface area contributed by atoms with Crippen LogP contribution >= 0.6 is 0 Å². The molecule has 0 saturated carbocycles. The number of hydrogen-bond acceptors (Lipinski definition) is 5. The number of fused-ring (bicyclic) bond motifs is 1. The van der Waals surface area contributed by atoms with Crippen molar-refractivity contribution in [3.63, 3.8) is 0 Å². The third-order valence-electron chi connectivity index (χ3n) is 7.51. The number of hydrogen-bond donors (Lipinski definition) is 2. The molecule has 0 fully saturated rings. The molecule has 0 radical (unpaired) electrons. The van der Waals surface area contributed by atoms with Crippen molar-refractivity contribution in [1.82, 2.24) is 25.2 Å². The van der Waals surface area contributed by atoms with E-state index < -0.39 is 0 Å². The van der Waals surface area contributed by atoms with E-state index in [9.17, 15) is 4.79 Å². The molecule has 7 heteroatoms. The first-order valence-electron chi connectivity index (χ1n) is 14.0. The maximum absolute atomic E-state index is 13.0. The highest BCUT2D eigenvalue weighted by molar-refractivity contribution is 5.97. The molecule has 3 aromatic carbocycles. The molecular formula is C34H33N5O2. The van der Waals surface area contributed by atoms with E-state index in [0.717, 1.165) is 36.2 Å². The van der Waals surface area contributed by atoms with Crippen LogP contribution in [-0.4, -0.2) is 33.6 Å². The molecule has 1 unspecified atom stereocenters. The second-order valence-electron chi connectivity index (χ2n) is 10.2. The number of imidazole rings is 1. The van der Waals surface area contributed by atoms with Crippen molar-refractivity contribution in [2.45, 2.75) is 32.0 Å². The van der Waals surface area contributed by atoms with Gasteiger partial charge in [-0.1, -0.05) is 66.7 Å². The van der Waals surface area contributed by atoms with Gasteiger partial charge in [0, 0.05) is 56.3 Å². The Morgan fingerprint density at radius 1 is 0.878 bits per heavy atom. The summed E-state index contributed by atoms with van der Waals surface area (Å²) >= 11 is 0. The summed E-state index contributed by atoms with van der Waals surface area (Å²) in [5, 5.41) is 6.73. The Kier molecular flexibility index (Phi) is 8.15. The van der Waals surface area contributed by atoms with Gasteiger partial charge >= 0.3 is 0 Å². The molecule has 2 aromatic heterocycles. The number of para-hydroxylation sites is 1. The summed E-state index contributed by atoms with van der Waals surface area (Å²) in [5.74, 6) is 0.553. The smallest absolute Gasteiger partial charge is 0.255 e. The van der Waals surface area contributed by atoms with Crippen LogP contribution in [0, 0.1) is 0 Å². The predicted octanol–water partition coefficient (Wildman–Crippen LogP) is 5.58. The largest absolute Gasteiger partial charge is 0.492 e. The molecule has 1 aliphatic rings. The highest BCUT2D eigenvalue weighted by atomic mass is 16.5. The number of pyridine rings is 1. The number of carbonyl (C=O) groups excluding carboxylic acids is 1. The van der Waals surface area contributed by atoms with Crippen LogP contribution in [0.2, 0.25) is 0 Å². The number of aromatic nitrogens is 3. The summed E-state index contributed by atoms with van der Waals surface area (Å²) in [5.41, 5.74) is 7.48. The second-order valence-corrected chi connectivity index (χ2v) is 10.2. The third-order valence-corrected chi connectivity index (χ3v) is 7.51. The van der Waals surface area contributed by atoms with E-state index in [1.807, 2.05) is 48.9 Å². The summed E-state index contributed by atoms with van der Waals surface area (Å²) in [7, 11) is 0. The molecule has 6 rings (SSSR count). The number of nitrogens with zero attached hydrogens (tertiary/aromatic N) is 3. The number of amides is 1. The summed E-state index contributed by atoms with van der Waals surface area (Å²) in [6.07, 6.45) is 8.91. The second kappa shape index (κ2) is 12.6. The molecular weight excluding hydrogens is 510 g/mol. The van der Waals surface area contributed by atoms with Gasteiger partial charge in [0.1, 0.15) is 5.75 Å². The average molecular weight is 544 g/mol. The first kappa shape index (κ1) is 26.5. The van der Waals surface area contributed by atoms with Crippen molar-refractivity contribution < 1.29 is 9.53 Å². The van der Waals surface area contributed by atoms with Crippen LogP contribution < -0.4 is 15.4 Å². The van der Waals surface area contributed by atoms with Crippen LogP contribution in [0.5, 0.6) is 5.75 Å². The van der Waals surface area contributed by atoms with Crippen molar-refractivity contribution >= 4 is 5.91 Å². The molecule has 41 heavy (non-hydrogen) atoms. The van der Waals surface area contributed by atoms with Crippen LogP contribution in [0.25, 0.3) is 11.1 Å². The number of benzene rings is 3. The third kappa shape index (κ3) is 6.36. The lowest BCUT2D eigenvalue weighted by molar-refractivity contribution is 0.0948. The molecule has 5 aromatic rings. The minimum absolute atomic E-state index is 0.0804. The van der Waals surface area contributed by atoms with Gasteiger partial charge in [-0.3, -0.25) is 9.78 Å². The van der Waals surface area contributed by atoms with E-state index in [1.54, 1.807) is 12.4 Å². The Morgan fingerprint density at radius 2 is 1.68 bits per heavy atom. The summed E-state index contributed by atoms with van der Waals surface area (Å²) < 4.78 is 8.20. The minimum atomic E-state index is -0.118. The molecule has 206 valence electrons. The van der Waals surface area contributed by atoms with Crippen LogP contribution in [0.15, 0.2) is 110 Å². The lowest BCUT2D eigenvalue weighted by Crippen LogP contribution is -2.30. The predicted molar refractivity (Wildman–Crippen MR) is 160 cm³/mol. The lowest BCUT2D eigenvalue weighted by atomic mass is 9.97. The molecule has 7 nitrogen and oxygen atoms in total. The molecule has 1 atom stereocenters. The highest BCUT2D eigenvalue weighted by Gasteiger charge is 2.26. The van der Waals surface area contributed by atoms with Gasteiger partial charge in [0.2, 0.25) is 0 Å². The van der Waals surface area contributed by atoms with Gasteiger partial charge in [-0.05, 0) is 46.9 Å². The quantitative estimate of drug-likeness (QED) is 0.240. The van der Waals surface area contributed by atoms with E-state index in [-0.39, 0.29) is 11.9 Å². The van der Waals surface area contributed by atoms with Crippen LogP contribution in [0.1, 0.15) is 45.2 Å². The molecule has 0 spiro atoms. The zero-order valence-corrected chi connectivity index (χ0v) is 22.9. The summed E-state index contributed by atoms with van der Waals surface area (Å²) in [6.45, 7) is 2.51. The first-order chi connectivity index (χ1) is 20.2. The number of ether oxygens (including phenoxy) is 1. The van der Waals surface area contributed by atoms with E-state index in [0.29, 0.717) is 31.0 Å². The Balaban J connectivity index is 1.08. The van der Waals surface area contributed by atoms with Gasteiger partial charge in [-0.2, -0.15) is 0 Å². The summed E-state index contributed by atoms with van der Waals surface area (Å²) in [4.78, 5) is 21.5. The Bertz CT molecular complexity index is 1580. The van der Waals surface area contributed by atoms with Crippen molar-refractivity contribution in [3.8, 4) is 16.9 Å². The fraction of sp³-hybridized carbons (Fsp3) is 0.206. The fourth-order valence-electron chi connectivity index (χ4n) is 5.28. The topological polar surface area (TPSA) is 81.1 Å². The van der Waals surface area contributed by atoms with Gasteiger partial charge in [-0.15, -0.1) is 0 Å². The maximum Gasteiger partial charge on any atom is 0.255 e. The fourth-order valence-corrected chi connectivity index (χ4v) is 5.28.